The standard InChI is InChI=1S/C16H13.C9H13.C2H6Si.2ClH.Ti/c1-12-10-14-8-5-9-15(16(14)11-12)13-6-3-2-4-7-13;1-6-5-7(2)9(4)8(6)3;1-3-2;;;/h2-11H,1H3;6H,1-4H3;1-2H3;2*1H;/q2*-1;;;;+2/p-2. The second kappa shape index (κ2) is 14.2. The molecule has 4 heteroatoms. The minimum atomic E-state index is 0. The summed E-state index contributed by atoms with van der Waals surface area (Å²) in [4.78, 5) is 0. The van der Waals surface area contributed by atoms with E-state index in [1.807, 2.05) is 0 Å². The molecule has 3 aromatic carbocycles. The molecule has 1 aliphatic rings. The van der Waals surface area contributed by atoms with Crippen molar-refractivity contribution in [1.29, 1.82) is 0 Å². The molecular formula is C27H32Cl2SiTi-2. The van der Waals surface area contributed by atoms with Crippen LogP contribution in [-0.4, -0.2) is 6.19 Å². The summed E-state index contributed by atoms with van der Waals surface area (Å²) in [7, 11) is 0. The third-order valence-corrected chi connectivity index (χ3v) is 5.22. The number of hydrogen-bond acceptors (Lipinski definition) is 0. The van der Waals surface area contributed by atoms with Crippen LogP contribution in [0.1, 0.15) is 33.3 Å². The van der Waals surface area contributed by atoms with Crippen molar-refractivity contribution in [2.45, 2.75) is 47.7 Å². The molecule has 3 aromatic rings. The topological polar surface area (TPSA) is 0 Å². The van der Waals surface area contributed by atoms with Crippen LogP contribution in [0.5, 0.6) is 0 Å². The molecule has 164 valence electrons. The van der Waals surface area contributed by atoms with Gasteiger partial charge in [-0.1, -0.05) is 75.6 Å². The normalized spacial score (nSPS) is 14.4. The first-order valence-electron chi connectivity index (χ1n) is 10.2. The summed E-state index contributed by atoms with van der Waals surface area (Å²) in [6, 6.07) is 21.6. The Labute approximate surface area is 213 Å². The second-order valence-electron chi connectivity index (χ2n) is 8.01. The summed E-state index contributed by atoms with van der Waals surface area (Å²) in [6.45, 7) is 15.4. The first-order valence-corrected chi connectivity index (χ1v) is 15.1. The van der Waals surface area contributed by atoms with Crippen LogP contribution in [0.25, 0.3) is 21.9 Å². The predicted molar refractivity (Wildman–Crippen MR) is 127 cm³/mol. The smallest absolute Gasteiger partial charge is 0.0279 e. The molecule has 1 aliphatic carbocycles. The van der Waals surface area contributed by atoms with Crippen molar-refractivity contribution in [2.24, 2.45) is 5.92 Å². The molecule has 0 spiro atoms. The van der Waals surface area contributed by atoms with E-state index in [0.717, 1.165) is 0 Å². The van der Waals surface area contributed by atoms with Gasteiger partial charge in [0.1, 0.15) is 0 Å². The van der Waals surface area contributed by atoms with Crippen molar-refractivity contribution in [3.05, 3.63) is 89.0 Å². The van der Waals surface area contributed by atoms with Crippen molar-refractivity contribution in [1.82, 2.24) is 0 Å². The van der Waals surface area contributed by atoms with E-state index in [1.165, 1.54) is 44.2 Å². The number of halogens is 2. The average molecular weight is 503 g/mol. The van der Waals surface area contributed by atoms with Crippen molar-refractivity contribution < 1.29 is 44.0 Å². The summed E-state index contributed by atoms with van der Waals surface area (Å²) in [6.07, 6.45) is 3.48. The maximum atomic E-state index is 3.36. The molecule has 1 atom stereocenters. The molecule has 0 aliphatic heterocycles. The SMILES string of the molecule is CC1=[C-]C(C)C(C)=C1C.C[Si](C)=[Ti+2].Cc1cc2c(-c3ccccc3)cccc2[cH-]1.[Cl-].[Cl-]. The van der Waals surface area contributed by atoms with Crippen LogP contribution >= 0.6 is 0 Å². The van der Waals surface area contributed by atoms with Gasteiger partial charge in [-0.05, 0) is 5.56 Å². The molecule has 31 heavy (non-hydrogen) atoms. The van der Waals surface area contributed by atoms with Crippen LogP contribution in [0.15, 0.2) is 77.4 Å². The molecule has 0 saturated carbocycles. The molecule has 0 N–H and O–H groups in total. The number of benzene rings is 2. The fraction of sp³-hybridized carbons (Fsp3) is 0.296. The van der Waals surface area contributed by atoms with E-state index in [2.05, 4.69) is 134 Å². The first-order chi connectivity index (χ1) is 13.7. The van der Waals surface area contributed by atoms with Gasteiger partial charge in [0.2, 0.25) is 0 Å². The van der Waals surface area contributed by atoms with Crippen LogP contribution in [0.2, 0.25) is 13.1 Å². The van der Waals surface area contributed by atoms with Gasteiger partial charge >= 0.3 is 38.5 Å². The van der Waals surface area contributed by atoms with E-state index in [9.17, 15) is 0 Å². The largest absolute Gasteiger partial charge is 1.00 e. The Hall–Kier alpha value is -0.959. The zero-order valence-corrected chi connectivity index (χ0v) is 23.7. The van der Waals surface area contributed by atoms with Crippen molar-refractivity contribution in [3.63, 3.8) is 0 Å². The zero-order valence-electron chi connectivity index (χ0n) is 19.6. The average Bonchev–Trinajstić information content (AvgIpc) is 3.16. The number of aryl methyl sites for hydroxylation is 1. The minimum Gasteiger partial charge on any atom is -1.00 e. The Morgan fingerprint density at radius 3 is 1.94 bits per heavy atom. The van der Waals surface area contributed by atoms with Crippen LogP contribution in [0, 0.1) is 18.9 Å². The Morgan fingerprint density at radius 1 is 0.903 bits per heavy atom. The van der Waals surface area contributed by atoms with Crippen LogP contribution in [0.4, 0.5) is 0 Å². The molecule has 0 bridgehead atoms. The molecule has 1 unspecified atom stereocenters. The fourth-order valence-electron chi connectivity index (χ4n) is 3.42. The molecule has 0 aromatic heterocycles. The number of fused-ring (bicyclic) bond motifs is 1. The van der Waals surface area contributed by atoms with Crippen LogP contribution in [0.3, 0.4) is 0 Å². The summed E-state index contributed by atoms with van der Waals surface area (Å²) >= 11 is 2.27. The van der Waals surface area contributed by atoms with E-state index >= 15 is 0 Å². The molecular weight excluding hydrogens is 471 g/mol. The van der Waals surface area contributed by atoms with Gasteiger partial charge in [-0.2, -0.15) is 17.2 Å². The van der Waals surface area contributed by atoms with Crippen molar-refractivity contribution in [2.75, 3.05) is 0 Å². The molecule has 0 saturated heterocycles. The van der Waals surface area contributed by atoms with Crippen molar-refractivity contribution in [3.8, 4) is 11.1 Å². The van der Waals surface area contributed by atoms with E-state index < -0.39 is 0 Å². The predicted octanol–water partition coefficient (Wildman–Crippen LogP) is 2.05. The first kappa shape index (κ1) is 30.0. The molecule has 0 heterocycles. The summed E-state index contributed by atoms with van der Waals surface area (Å²) < 4.78 is 0. The third-order valence-electron chi connectivity index (χ3n) is 5.22. The number of hydrogen-bond donors (Lipinski definition) is 0. The number of allylic oxidation sites excluding steroid dienone is 4. The quantitative estimate of drug-likeness (QED) is 0.353. The van der Waals surface area contributed by atoms with Gasteiger partial charge in [-0.25, -0.2) is 5.57 Å². The number of rotatable bonds is 1. The third kappa shape index (κ3) is 8.83. The van der Waals surface area contributed by atoms with Crippen LogP contribution < -0.4 is 24.8 Å². The van der Waals surface area contributed by atoms with Crippen molar-refractivity contribution >= 4 is 17.0 Å². The zero-order chi connectivity index (χ0) is 21.6. The Bertz CT molecular complexity index is 1040. The Kier molecular flexibility index (Phi) is 13.8. The van der Waals surface area contributed by atoms with Gasteiger partial charge in [-0.3, -0.25) is 6.08 Å². The maximum absolute atomic E-state index is 3.36. The van der Waals surface area contributed by atoms with Gasteiger partial charge in [0.15, 0.2) is 0 Å². The summed E-state index contributed by atoms with van der Waals surface area (Å²) in [5.41, 5.74) is 8.19. The van der Waals surface area contributed by atoms with E-state index in [0.29, 0.717) is 5.92 Å². The summed E-state index contributed by atoms with van der Waals surface area (Å²) in [5, 5.41) is 2.69. The van der Waals surface area contributed by atoms with Gasteiger partial charge in [-0.15, -0.1) is 41.5 Å². The Balaban J connectivity index is 0.000000516. The molecule has 0 nitrogen and oxygen atoms in total. The second-order valence-corrected chi connectivity index (χ2v) is 14.7. The summed E-state index contributed by atoms with van der Waals surface area (Å²) in [5.74, 6) is 0.560. The molecule has 0 fully saturated rings. The van der Waals surface area contributed by atoms with Gasteiger partial charge in [0.05, 0.1) is 0 Å². The molecule has 0 amide bonds. The maximum Gasteiger partial charge on any atom is -0.0279 e. The van der Waals surface area contributed by atoms with Gasteiger partial charge in [0.25, 0.3) is 0 Å². The van der Waals surface area contributed by atoms with E-state index in [1.54, 1.807) is 0 Å². The molecule has 0 radical (unpaired) electrons. The van der Waals surface area contributed by atoms with Gasteiger partial charge in [0, 0.05) is 0 Å². The molecule has 4 rings (SSSR count). The van der Waals surface area contributed by atoms with Gasteiger partial charge < -0.3 is 24.8 Å². The van der Waals surface area contributed by atoms with E-state index in [-0.39, 0.29) is 31.0 Å². The Morgan fingerprint density at radius 2 is 1.48 bits per heavy atom. The minimum absolute atomic E-state index is 0. The monoisotopic (exact) mass is 502 g/mol. The van der Waals surface area contributed by atoms with E-state index in [4.69, 9.17) is 0 Å². The fourth-order valence-corrected chi connectivity index (χ4v) is 3.42. The van der Waals surface area contributed by atoms with Crippen LogP contribution in [-0.2, 0) is 19.2 Å².